The van der Waals surface area contributed by atoms with Gasteiger partial charge >= 0.3 is 12.4 Å². The van der Waals surface area contributed by atoms with Gasteiger partial charge in [0.1, 0.15) is 11.9 Å². The molecule has 1 aromatic carbocycles. The first-order valence-electron chi connectivity index (χ1n) is 6.49. The van der Waals surface area contributed by atoms with Crippen molar-refractivity contribution in [2.24, 2.45) is 0 Å². The SMILES string of the molecule is Cl.Fc1ccc(C(F)(F)F)c([C@H](N2CCNCC2)C(F)(F)F)c1. The van der Waals surface area contributed by atoms with Crippen LogP contribution in [0.2, 0.25) is 0 Å². The predicted molar refractivity (Wildman–Crippen MR) is 71.9 cm³/mol. The van der Waals surface area contributed by atoms with Gasteiger partial charge in [-0.05, 0) is 23.8 Å². The first kappa shape index (κ1) is 20.0. The van der Waals surface area contributed by atoms with Gasteiger partial charge in [0.2, 0.25) is 0 Å². The minimum atomic E-state index is -4.99. The normalized spacial score (nSPS) is 18.4. The third kappa shape index (κ3) is 4.71. The fourth-order valence-corrected chi connectivity index (χ4v) is 2.54. The predicted octanol–water partition coefficient (Wildman–Crippen LogP) is 3.77. The van der Waals surface area contributed by atoms with Crippen molar-refractivity contribution in [2.45, 2.75) is 18.4 Å². The molecule has 1 aromatic rings. The molecule has 0 aromatic heterocycles. The van der Waals surface area contributed by atoms with Crippen LogP contribution in [0, 0.1) is 5.82 Å². The Morgan fingerprint density at radius 3 is 2.04 bits per heavy atom. The van der Waals surface area contributed by atoms with Crippen LogP contribution < -0.4 is 5.32 Å². The molecule has 1 fully saturated rings. The lowest BCUT2D eigenvalue weighted by Crippen LogP contribution is -2.49. The topological polar surface area (TPSA) is 15.3 Å². The van der Waals surface area contributed by atoms with Gasteiger partial charge in [0.05, 0.1) is 5.56 Å². The highest BCUT2D eigenvalue weighted by atomic mass is 35.5. The minimum Gasteiger partial charge on any atom is -0.314 e. The van der Waals surface area contributed by atoms with E-state index in [1.54, 1.807) is 0 Å². The van der Waals surface area contributed by atoms with Crippen LogP contribution >= 0.6 is 12.4 Å². The van der Waals surface area contributed by atoms with Crippen LogP contribution in [0.25, 0.3) is 0 Å². The highest BCUT2D eigenvalue weighted by Crippen LogP contribution is 2.43. The van der Waals surface area contributed by atoms with E-state index in [9.17, 15) is 30.7 Å². The van der Waals surface area contributed by atoms with Gasteiger partial charge in [0.25, 0.3) is 0 Å². The van der Waals surface area contributed by atoms with Crippen LogP contribution in [0.3, 0.4) is 0 Å². The summed E-state index contributed by atoms with van der Waals surface area (Å²) in [4.78, 5) is 0.889. The van der Waals surface area contributed by atoms with Gasteiger partial charge in [-0.15, -0.1) is 12.4 Å². The Morgan fingerprint density at radius 1 is 1.00 bits per heavy atom. The molecule has 2 nitrogen and oxygen atoms in total. The summed E-state index contributed by atoms with van der Waals surface area (Å²) in [5, 5.41) is 2.82. The van der Waals surface area contributed by atoms with Crippen molar-refractivity contribution in [1.29, 1.82) is 0 Å². The van der Waals surface area contributed by atoms with Crippen LogP contribution in [0.4, 0.5) is 30.7 Å². The fourth-order valence-electron chi connectivity index (χ4n) is 2.54. The number of piperazine rings is 1. The quantitative estimate of drug-likeness (QED) is 0.802. The molecule has 1 N–H and O–H groups in total. The summed E-state index contributed by atoms with van der Waals surface area (Å²) in [5.74, 6) is -1.13. The molecular formula is C13H14ClF7N2. The van der Waals surface area contributed by atoms with E-state index in [-0.39, 0.29) is 38.6 Å². The van der Waals surface area contributed by atoms with Gasteiger partial charge in [0.15, 0.2) is 0 Å². The number of rotatable bonds is 2. The summed E-state index contributed by atoms with van der Waals surface area (Å²) in [6.07, 6.45) is -9.92. The second kappa shape index (κ2) is 7.23. The maximum atomic E-state index is 13.3. The first-order chi connectivity index (χ1) is 10.1. The van der Waals surface area contributed by atoms with Gasteiger partial charge in [-0.2, -0.15) is 26.3 Å². The fraction of sp³-hybridized carbons (Fsp3) is 0.538. The van der Waals surface area contributed by atoms with E-state index >= 15 is 0 Å². The van der Waals surface area contributed by atoms with E-state index in [2.05, 4.69) is 5.32 Å². The van der Waals surface area contributed by atoms with E-state index in [1.807, 2.05) is 0 Å². The van der Waals surface area contributed by atoms with Gasteiger partial charge in [-0.1, -0.05) is 0 Å². The zero-order valence-electron chi connectivity index (χ0n) is 11.6. The zero-order valence-corrected chi connectivity index (χ0v) is 12.5. The smallest absolute Gasteiger partial charge is 0.314 e. The van der Waals surface area contributed by atoms with Gasteiger partial charge in [-0.3, -0.25) is 4.90 Å². The Morgan fingerprint density at radius 2 is 1.57 bits per heavy atom. The molecule has 1 aliphatic rings. The van der Waals surface area contributed by atoms with Crippen molar-refractivity contribution in [2.75, 3.05) is 26.2 Å². The number of hydrogen-bond donors (Lipinski definition) is 1. The highest BCUT2D eigenvalue weighted by Gasteiger charge is 2.48. The maximum Gasteiger partial charge on any atom is 0.416 e. The van der Waals surface area contributed by atoms with Crippen LogP contribution in [0.15, 0.2) is 18.2 Å². The number of halogens is 8. The second-order valence-corrected chi connectivity index (χ2v) is 4.96. The largest absolute Gasteiger partial charge is 0.416 e. The second-order valence-electron chi connectivity index (χ2n) is 4.96. The molecule has 1 heterocycles. The van der Waals surface area contributed by atoms with E-state index in [1.165, 1.54) is 0 Å². The minimum absolute atomic E-state index is 0. The highest BCUT2D eigenvalue weighted by molar-refractivity contribution is 5.85. The molecule has 1 atom stereocenters. The first-order valence-corrected chi connectivity index (χ1v) is 6.49. The maximum absolute atomic E-state index is 13.3. The van der Waals surface area contributed by atoms with E-state index < -0.39 is 35.3 Å². The molecule has 1 saturated heterocycles. The van der Waals surface area contributed by atoms with Crippen molar-refractivity contribution in [3.05, 3.63) is 35.1 Å². The number of nitrogens with one attached hydrogen (secondary N) is 1. The summed E-state index contributed by atoms with van der Waals surface area (Å²) < 4.78 is 92.2. The molecule has 0 saturated carbocycles. The Hall–Kier alpha value is -1.06. The third-order valence-corrected chi connectivity index (χ3v) is 3.44. The molecule has 0 bridgehead atoms. The van der Waals surface area contributed by atoms with E-state index in [0.29, 0.717) is 18.2 Å². The molecule has 23 heavy (non-hydrogen) atoms. The van der Waals surface area contributed by atoms with Crippen molar-refractivity contribution >= 4 is 12.4 Å². The molecule has 10 heteroatoms. The van der Waals surface area contributed by atoms with Gasteiger partial charge in [-0.25, -0.2) is 4.39 Å². The Kier molecular flexibility index (Phi) is 6.28. The van der Waals surface area contributed by atoms with E-state index in [4.69, 9.17) is 0 Å². The standard InChI is InChI=1S/C13H13F7N2.ClH/c14-8-1-2-10(12(15,16)17)9(7-8)11(13(18,19)20)22-5-3-21-4-6-22;/h1-2,7,11,21H,3-6H2;1H/t11-;/m0./s1. The Labute approximate surface area is 134 Å². The molecule has 0 unspecified atom stereocenters. The van der Waals surface area contributed by atoms with Crippen LogP contribution in [0.1, 0.15) is 17.2 Å². The molecule has 132 valence electrons. The zero-order chi connectivity index (χ0) is 16.5. The Bertz CT molecular complexity index is 524. The lowest BCUT2D eigenvalue weighted by Gasteiger charge is -2.37. The summed E-state index contributed by atoms with van der Waals surface area (Å²) in [6.45, 7) is 0.308. The molecular weight excluding hydrogens is 353 g/mol. The van der Waals surface area contributed by atoms with Crippen molar-refractivity contribution in [3.8, 4) is 0 Å². The van der Waals surface area contributed by atoms with Crippen LogP contribution in [0.5, 0.6) is 0 Å². The third-order valence-electron chi connectivity index (χ3n) is 3.44. The summed E-state index contributed by atoms with van der Waals surface area (Å²) in [5.41, 5.74) is -2.56. The monoisotopic (exact) mass is 366 g/mol. The van der Waals surface area contributed by atoms with Gasteiger partial charge < -0.3 is 5.32 Å². The van der Waals surface area contributed by atoms with Crippen molar-refractivity contribution in [3.63, 3.8) is 0 Å². The number of benzene rings is 1. The summed E-state index contributed by atoms with van der Waals surface area (Å²) >= 11 is 0. The molecule has 0 spiro atoms. The number of alkyl halides is 6. The summed E-state index contributed by atoms with van der Waals surface area (Å²) in [7, 11) is 0. The molecule has 1 aliphatic heterocycles. The average molecular weight is 367 g/mol. The van der Waals surface area contributed by atoms with E-state index in [0.717, 1.165) is 4.90 Å². The number of hydrogen-bond acceptors (Lipinski definition) is 2. The van der Waals surface area contributed by atoms with Crippen LogP contribution in [-0.2, 0) is 6.18 Å². The lowest BCUT2D eigenvalue weighted by atomic mass is 9.97. The average Bonchev–Trinajstić information content (AvgIpc) is 2.37. The molecule has 0 radical (unpaired) electrons. The molecule has 2 rings (SSSR count). The molecule has 0 aliphatic carbocycles. The lowest BCUT2D eigenvalue weighted by molar-refractivity contribution is -0.190. The Balaban J connectivity index is 0.00000264. The van der Waals surface area contributed by atoms with Crippen molar-refractivity contribution in [1.82, 2.24) is 10.2 Å². The summed E-state index contributed by atoms with van der Waals surface area (Å²) in [6, 6.07) is -1.30. The molecule has 0 amide bonds. The number of nitrogens with zero attached hydrogens (tertiary/aromatic N) is 1. The van der Waals surface area contributed by atoms with Crippen molar-refractivity contribution < 1.29 is 30.7 Å². The van der Waals surface area contributed by atoms with Crippen LogP contribution in [-0.4, -0.2) is 37.3 Å². The van der Waals surface area contributed by atoms with Gasteiger partial charge in [0, 0.05) is 26.2 Å².